The van der Waals surface area contributed by atoms with Gasteiger partial charge in [0.05, 0.1) is 36.4 Å². The van der Waals surface area contributed by atoms with Crippen molar-refractivity contribution in [3.05, 3.63) is 54.1 Å². The molecular formula is C19H16F3N3O2. The van der Waals surface area contributed by atoms with E-state index in [0.717, 1.165) is 5.52 Å². The molecule has 1 amide bonds. The van der Waals surface area contributed by atoms with Gasteiger partial charge >= 0.3 is 0 Å². The molecule has 0 radical (unpaired) electrons. The predicted octanol–water partition coefficient (Wildman–Crippen LogP) is 4.21. The number of amides is 1. The quantitative estimate of drug-likeness (QED) is 0.657. The number of aromatic amines is 1. The smallest absolute Gasteiger partial charge is 0.241 e. The lowest BCUT2D eigenvalue weighted by Crippen LogP contribution is -2.47. The second-order valence-electron chi connectivity index (χ2n) is 6.30. The summed E-state index contributed by atoms with van der Waals surface area (Å²) in [5, 5.41) is 0. The highest BCUT2D eigenvalue weighted by Gasteiger charge is 2.39. The Labute approximate surface area is 152 Å². The summed E-state index contributed by atoms with van der Waals surface area (Å²) < 4.78 is 44.0. The number of hydrogen-bond donors (Lipinski definition) is 1. The van der Waals surface area contributed by atoms with Gasteiger partial charge in [-0.25, -0.2) is 18.2 Å². The Balaban J connectivity index is 1.54. The maximum atomic E-state index is 14.5. The summed E-state index contributed by atoms with van der Waals surface area (Å²) >= 11 is 0. The summed E-state index contributed by atoms with van der Waals surface area (Å²) in [4.78, 5) is 20.8. The van der Waals surface area contributed by atoms with Crippen molar-refractivity contribution < 1.29 is 22.7 Å². The normalized spacial score (nSPS) is 16.8. The molecule has 140 valence electrons. The number of nitrogens with one attached hydrogen (secondary N) is 1. The summed E-state index contributed by atoms with van der Waals surface area (Å²) in [7, 11) is 0. The molecule has 8 heteroatoms. The highest BCUT2D eigenvalue weighted by molar-refractivity contribution is 6.02. The number of carbonyl (C=O) groups is 1. The zero-order valence-electron chi connectivity index (χ0n) is 14.2. The van der Waals surface area contributed by atoms with E-state index in [2.05, 4.69) is 9.97 Å². The number of benzene rings is 2. The van der Waals surface area contributed by atoms with Gasteiger partial charge in [-0.15, -0.1) is 0 Å². The van der Waals surface area contributed by atoms with E-state index >= 15 is 0 Å². The van der Waals surface area contributed by atoms with Crippen molar-refractivity contribution >= 4 is 22.6 Å². The van der Waals surface area contributed by atoms with Crippen molar-refractivity contribution in [2.75, 3.05) is 11.5 Å². The third kappa shape index (κ3) is 3.34. The Morgan fingerprint density at radius 1 is 1.26 bits per heavy atom. The Hall–Kier alpha value is -3.03. The number of alkyl halides is 2. The summed E-state index contributed by atoms with van der Waals surface area (Å²) in [5.41, 5.74) is 2.57. The first-order valence-electron chi connectivity index (χ1n) is 8.48. The van der Waals surface area contributed by atoms with Gasteiger partial charge in [-0.2, -0.15) is 0 Å². The van der Waals surface area contributed by atoms with Gasteiger partial charge in [0.15, 0.2) is 0 Å². The highest BCUT2D eigenvalue weighted by Crippen LogP contribution is 2.41. The van der Waals surface area contributed by atoms with Crippen molar-refractivity contribution in [2.24, 2.45) is 0 Å². The van der Waals surface area contributed by atoms with Gasteiger partial charge in [0, 0.05) is 23.7 Å². The van der Waals surface area contributed by atoms with E-state index in [9.17, 15) is 18.0 Å². The number of carbonyl (C=O) groups excluding carboxylic acids is 1. The number of fused-ring (bicyclic) bond motifs is 1. The van der Waals surface area contributed by atoms with E-state index in [0.29, 0.717) is 16.8 Å². The van der Waals surface area contributed by atoms with Gasteiger partial charge in [-0.3, -0.25) is 4.79 Å². The molecule has 2 aromatic carbocycles. The molecule has 1 aliphatic heterocycles. The number of nitrogens with zero attached hydrogens (tertiary/aromatic N) is 2. The number of H-pyrrole nitrogens is 1. The van der Waals surface area contributed by atoms with Crippen LogP contribution in [0.5, 0.6) is 5.75 Å². The first-order chi connectivity index (χ1) is 13.0. The maximum Gasteiger partial charge on any atom is 0.241 e. The zero-order chi connectivity index (χ0) is 19.0. The number of β-lactam (4-membered cyclic amide) rings is 1. The average Bonchev–Trinajstić information content (AvgIpc) is 3.08. The monoisotopic (exact) mass is 375 g/mol. The summed E-state index contributed by atoms with van der Waals surface area (Å²) in [5.74, 6) is -0.452. The van der Waals surface area contributed by atoms with Crippen LogP contribution < -0.4 is 9.64 Å². The molecule has 1 aliphatic rings. The van der Waals surface area contributed by atoms with Crippen LogP contribution in [0.1, 0.15) is 24.4 Å². The molecule has 0 spiro atoms. The second-order valence-corrected chi connectivity index (χ2v) is 6.30. The van der Waals surface area contributed by atoms with Crippen LogP contribution >= 0.6 is 0 Å². The zero-order valence-corrected chi connectivity index (χ0v) is 14.2. The van der Waals surface area contributed by atoms with Crippen LogP contribution in [0.2, 0.25) is 0 Å². The molecule has 0 unspecified atom stereocenters. The molecular weight excluding hydrogens is 359 g/mol. The Kier molecular flexibility index (Phi) is 4.47. The molecule has 0 aliphatic carbocycles. The molecule has 1 saturated heterocycles. The van der Waals surface area contributed by atoms with Gasteiger partial charge in [-0.1, -0.05) is 6.07 Å². The molecule has 1 fully saturated rings. The van der Waals surface area contributed by atoms with E-state index in [1.54, 1.807) is 18.5 Å². The third-order valence-corrected chi connectivity index (χ3v) is 4.57. The van der Waals surface area contributed by atoms with Crippen LogP contribution in [0.25, 0.3) is 11.0 Å². The largest absolute Gasteiger partial charge is 0.493 e. The molecule has 2 heterocycles. The summed E-state index contributed by atoms with van der Waals surface area (Å²) in [6.45, 7) is -0.186. The Morgan fingerprint density at radius 2 is 2.11 bits per heavy atom. The van der Waals surface area contributed by atoms with Crippen molar-refractivity contribution in [1.82, 2.24) is 9.97 Å². The molecule has 1 aromatic heterocycles. The van der Waals surface area contributed by atoms with Crippen LogP contribution in [0.4, 0.5) is 18.9 Å². The lowest BCUT2D eigenvalue weighted by molar-refractivity contribution is -0.124. The molecule has 0 bridgehead atoms. The molecule has 1 atom stereocenters. The number of ether oxygens (including phenoxy) is 1. The predicted molar refractivity (Wildman–Crippen MR) is 93.5 cm³/mol. The van der Waals surface area contributed by atoms with Crippen molar-refractivity contribution in [1.29, 1.82) is 0 Å². The topological polar surface area (TPSA) is 58.2 Å². The standard InChI is InChI=1S/C19H16F3N3O2/c20-14-8-12(27-6-5-18(21)22)2-3-13(14)17-9-19(26)25(17)11-1-4-15-16(7-11)24-10-23-15/h1-4,7-8,10,17-18H,5-6,9H2,(H,23,24)/t17-/m0/s1. The van der Waals surface area contributed by atoms with Crippen molar-refractivity contribution in [2.45, 2.75) is 25.3 Å². The fraction of sp³-hybridized carbons (Fsp3) is 0.263. The SMILES string of the molecule is O=C1C[C@@H](c2ccc(OCCC(F)F)cc2F)N1c1ccc2[nH]cnc2c1. The second kappa shape index (κ2) is 6.94. The lowest BCUT2D eigenvalue weighted by atomic mass is 9.92. The van der Waals surface area contributed by atoms with Gasteiger partial charge in [0.2, 0.25) is 12.3 Å². The number of hydrogen-bond acceptors (Lipinski definition) is 3. The number of anilines is 1. The molecule has 4 rings (SSSR count). The lowest BCUT2D eigenvalue weighted by Gasteiger charge is -2.40. The van der Waals surface area contributed by atoms with E-state index in [4.69, 9.17) is 4.74 Å². The summed E-state index contributed by atoms with van der Waals surface area (Å²) in [6.07, 6.45) is -1.11. The maximum absolute atomic E-state index is 14.5. The highest BCUT2D eigenvalue weighted by atomic mass is 19.3. The summed E-state index contributed by atoms with van der Waals surface area (Å²) in [6, 6.07) is 9.17. The van der Waals surface area contributed by atoms with E-state index in [1.165, 1.54) is 23.1 Å². The minimum atomic E-state index is -2.46. The number of rotatable bonds is 6. The average molecular weight is 375 g/mol. The van der Waals surface area contributed by atoms with Gasteiger partial charge in [0.25, 0.3) is 0 Å². The van der Waals surface area contributed by atoms with E-state index in [-0.39, 0.29) is 24.7 Å². The van der Waals surface area contributed by atoms with E-state index in [1.807, 2.05) is 6.07 Å². The molecule has 0 saturated carbocycles. The number of aromatic nitrogens is 2. The Bertz CT molecular complexity index is 989. The van der Waals surface area contributed by atoms with Crippen LogP contribution in [0.15, 0.2) is 42.7 Å². The number of imidazole rings is 1. The first kappa shape index (κ1) is 17.4. The molecule has 5 nitrogen and oxygen atoms in total. The molecule has 3 aromatic rings. The van der Waals surface area contributed by atoms with E-state index < -0.39 is 24.7 Å². The van der Waals surface area contributed by atoms with Crippen molar-refractivity contribution in [3.63, 3.8) is 0 Å². The fourth-order valence-electron chi connectivity index (χ4n) is 3.19. The molecule has 1 N–H and O–H groups in total. The van der Waals surface area contributed by atoms with Crippen LogP contribution in [-0.2, 0) is 4.79 Å². The first-order valence-corrected chi connectivity index (χ1v) is 8.48. The van der Waals surface area contributed by atoms with Crippen LogP contribution in [-0.4, -0.2) is 28.9 Å². The number of halogens is 3. The van der Waals surface area contributed by atoms with Crippen LogP contribution in [0, 0.1) is 5.82 Å². The molecule has 27 heavy (non-hydrogen) atoms. The van der Waals surface area contributed by atoms with Crippen molar-refractivity contribution in [3.8, 4) is 5.75 Å². The van der Waals surface area contributed by atoms with Gasteiger partial charge in [0.1, 0.15) is 11.6 Å². The minimum Gasteiger partial charge on any atom is -0.493 e. The third-order valence-electron chi connectivity index (χ3n) is 4.57. The fourth-order valence-corrected chi connectivity index (χ4v) is 3.19. The van der Waals surface area contributed by atoms with Gasteiger partial charge in [-0.05, 0) is 24.3 Å². The van der Waals surface area contributed by atoms with Crippen LogP contribution in [0.3, 0.4) is 0 Å². The van der Waals surface area contributed by atoms with Gasteiger partial charge < -0.3 is 14.6 Å². The Morgan fingerprint density at radius 3 is 2.85 bits per heavy atom. The minimum absolute atomic E-state index is 0.105.